The first-order valence-electron chi connectivity index (χ1n) is 7.18. The van der Waals surface area contributed by atoms with Crippen LogP contribution in [0.1, 0.15) is 28.9 Å². The quantitative estimate of drug-likeness (QED) is 0.732. The van der Waals surface area contributed by atoms with E-state index in [1.54, 1.807) is 29.4 Å². The van der Waals surface area contributed by atoms with E-state index < -0.39 is 0 Å². The molecule has 4 rings (SSSR count). The largest absolute Gasteiger partial charge is 0.347 e. The van der Waals surface area contributed by atoms with Crippen molar-refractivity contribution in [2.45, 2.75) is 23.4 Å². The fourth-order valence-corrected chi connectivity index (χ4v) is 4.10. The Labute approximate surface area is 137 Å². The molecule has 1 N–H and O–H groups in total. The van der Waals surface area contributed by atoms with Crippen molar-refractivity contribution in [2.75, 3.05) is 11.6 Å². The number of thioether (sulfide) groups is 1. The molecule has 3 aromatic rings. The highest BCUT2D eigenvalue weighted by molar-refractivity contribution is 7.98. The van der Waals surface area contributed by atoms with Gasteiger partial charge in [-0.3, -0.25) is 0 Å². The number of hydrogen-bond donors (Lipinski definition) is 1. The summed E-state index contributed by atoms with van der Waals surface area (Å²) >= 11 is 3.55. The summed E-state index contributed by atoms with van der Waals surface area (Å²) in [7, 11) is 0. The molecule has 0 fully saturated rings. The molecule has 6 heteroatoms. The van der Waals surface area contributed by atoms with E-state index >= 15 is 0 Å². The summed E-state index contributed by atoms with van der Waals surface area (Å²) in [5.41, 5.74) is 1.28. The molecule has 0 unspecified atom stereocenters. The van der Waals surface area contributed by atoms with Crippen LogP contribution in [0.4, 0.5) is 5.95 Å². The summed E-state index contributed by atoms with van der Waals surface area (Å²) in [6, 6.07) is 13.6. The van der Waals surface area contributed by atoms with Gasteiger partial charge in [0.25, 0.3) is 0 Å². The summed E-state index contributed by atoms with van der Waals surface area (Å²) in [5, 5.41) is 10.0. The van der Waals surface area contributed by atoms with Gasteiger partial charge in [0, 0.05) is 9.77 Å². The third-order valence-corrected chi connectivity index (χ3v) is 5.75. The molecule has 1 aliphatic rings. The van der Waals surface area contributed by atoms with Crippen molar-refractivity contribution in [3.8, 4) is 0 Å². The van der Waals surface area contributed by atoms with Gasteiger partial charge < -0.3 is 5.32 Å². The number of fused-ring (bicyclic) bond motifs is 1. The maximum Gasteiger partial charge on any atom is 0.222 e. The van der Waals surface area contributed by atoms with Crippen LogP contribution in [0, 0.1) is 0 Å². The maximum atomic E-state index is 4.41. The Morgan fingerprint density at radius 3 is 2.86 bits per heavy atom. The molecule has 22 heavy (non-hydrogen) atoms. The van der Waals surface area contributed by atoms with E-state index in [0.717, 1.165) is 12.4 Å². The highest BCUT2D eigenvalue weighted by Crippen LogP contribution is 2.38. The van der Waals surface area contributed by atoms with Gasteiger partial charge in [0.2, 0.25) is 5.95 Å². The van der Waals surface area contributed by atoms with Crippen LogP contribution in [0.15, 0.2) is 53.0 Å². The molecule has 4 nitrogen and oxygen atoms in total. The Bertz CT molecular complexity index is 749. The first kappa shape index (κ1) is 13.8. The summed E-state index contributed by atoms with van der Waals surface area (Å²) in [6.45, 7) is 0. The van der Waals surface area contributed by atoms with Crippen LogP contribution in [0.2, 0.25) is 0 Å². The average molecular weight is 328 g/mol. The lowest BCUT2D eigenvalue weighted by Gasteiger charge is -2.31. The number of nitrogens with zero attached hydrogens (tertiary/aromatic N) is 3. The number of aromatic nitrogens is 3. The second-order valence-corrected chi connectivity index (χ2v) is 7.12. The van der Waals surface area contributed by atoms with E-state index in [1.165, 1.54) is 15.3 Å². The third-order valence-electron chi connectivity index (χ3n) is 4.02. The van der Waals surface area contributed by atoms with Crippen LogP contribution in [0.25, 0.3) is 0 Å². The lowest BCUT2D eigenvalue weighted by molar-refractivity contribution is 0.433. The van der Waals surface area contributed by atoms with Crippen molar-refractivity contribution < 1.29 is 0 Å². The van der Waals surface area contributed by atoms with Gasteiger partial charge in [-0.2, -0.15) is 10.1 Å². The summed E-state index contributed by atoms with van der Waals surface area (Å²) < 4.78 is 2.00. The van der Waals surface area contributed by atoms with E-state index in [9.17, 15) is 0 Å². The molecule has 0 radical (unpaired) electrons. The van der Waals surface area contributed by atoms with Gasteiger partial charge in [-0.1, -0.05) is 18.2 Å². The van der Waals surface area contributed by atoms with Gasteiger partial charge in [-0.05, 0) is 41.8 Å². The number of thiophene rings is 1. The Morgan fingerprint density at radius 1 is 1.27 bits per heavy atom. The Balaban J connectivity index is 1.71. The summed E-state index contributed by atoms with van der Waals surface area (Å²) in [4.78, 5) is 7.00. The third kappa shape index (κ3) is 2.42. The smallest absolute Gasteiger partial charge is 0.222 e. The SMILES string of the molecule is CSc1ccc([C@@H]2C[C@H](c3cccs3)Nc3ncnn32)cc1. The molecule has 0 saturated heterocycles. The topological polar surface area (TPSA) is 42.7 Å². The second kappa shape index (κ2) is 5.78. The first-order valence-corrected chi connectivity index (χ1v) is 9.29. The number of nitrogens with one attached hydrogen (secondary N) is 1. The normalized spacial score (nSPS) is 20.4. The zero-order valence-corrected chi connectivity index (χ0v) is 13.8. The van der Waals surface area contributed by atoms with Crippen LogP contribution in [0.3, 0.4) is 0 Å². The van der Waals surface area contributed by atoms with E-state index in [1.807, 2.05) is 4.68 Å². The number of anilines is 1. The fourth-order valence-electron chi connectivity index (χ4n) is 2.90. The molecule has 2 aromatic heterocycles. The van der Waals surface area contributed by atoms with E-state index in [0.29, 0.717) is 6.04 Å². The standard InChI is InChI=1S/C16H16N4S2/c1-21-12-6-4-11(5-7-12)14-9-13(15-3-2-8-22-15)19-16-17-10-18-20(14)16/h2-8,10,13-14H,9H2,1H3,(H,17,18,19)/t13-,14+/m1/s1. The van der Waals surface area contributed by atoms with E-state index in [-0.39, 0.29) is 6.04 Å². The first-order chi connectivity index (χ1) is 10.8. The Morgan fingerprint density at radius 2 is 2.14 bits per heavy atom. The van der Waals surface area contributed by atoms with Crippen LogP contribution < -0.4 is 5.32 Å². The highest BCUT2D eigenvalue weighted by Gasteiger charge is 2.30. The van der Waals surface area contributed by atoms with Crippen LogP contribution in [0.5, 0.6) is 0 Å². The van der Waals surface area contributed by atoms with Crippen LogP contribution >= 0.6 is 23.1 Å². The Hall–Kier alpha value is -1.79. The zero-order valence-electron chi connectivity index (χ0n) is 12.1. The molecule has 112 valence electrons. The van der Waals surface area contributed by atoms with Crippen LogP contribution in [-0.2, 0) is 0 Å². The van der Waals surface area contributed by atoms with Crippen molar-refractivity contribution in [3.05, 3.63) is 58.5 Å². The van der Waals surface area contributed by atoms with Gasteiger partial charge in [0.15, 0.2) is 0 Å². The molecule has 0 spiro atoms. The monoisotopic (exact) mass is 328 g/mol. The second-order valence-electron chi connectivity index (χ2n) is 5.27. The molecule has 1 aliphatic heterocycles. The molecule has 0 aliphatic carbocycles. The number of rotatable bonds is 3. The van der Waals surface area contributed by atoms with Gasteiger partial charge in [-0.25, -0.2) is 4.68 Å². The van der Waals surface area contributed by atoms with E-state index in [2.05, 4.69) is 63.4 Å². The Kier molecular flexibility index (Phi) is 3.63. The number of hydrogen-bond acceptors (Lipinski definition) is 5. The van der Waals surface area contributed by atoms with Crippen molar-refractivity contribution in [3.63, 3.8) is 0 Å². The van der Waals surface area contributed by atoms with Gasteiger partial charge >= 0.3 is 0 Å². The van der Waals surface area contributed by atoms with Gasteiger partial charge in [0.1, 0.15) is 6.33 Å². The summed E-state index contributed by atoms with van der Waals surface area (Å²) in [5.74, 6) is 0.851. The van der Waals surface area contributed by atoms with Gasteiger partial charge in [0.05, 0.1) is 12.1 Å². The minimum Gasteiger partial charge on any atom is -0.347 e. The summed E-state index contributed by atoms with van der Waals surface area (Å²) in [6.07, 6.45) is 4.71. The molecule has 2 atom stereocenters. The van der Waals surface area contributed by atoms with E-state index in [4.69, 9.17) is 0 Å². The number of benzene rings is 1. The lowest BCUT2D eigenvalue weighted by Crippen LogP contribution is -2.27. The maximum absolute atomic E-state index is 4.41. The lowest BCUT2D eigenvalue weighted by atomic mass is 9.97. The molecule has 0 amide bonds. The minimum absolute atomic E-state index is 0.224. The molecular formula is C16H16N4S2. The molecule has 1 aromatic carbocycles. The molecule has 0 bridgehead atoms. The molecule has 3 heterocycles. The zero-order chi connectivity index (χ0) is 14.9. The van der Waals surface area contributed by atoms with Crippen molar-refractivity contribution >= 4 is 29.0 Å². The minimum atomic E-state index is 0.224. The van der Waals surface area contributed by atoms with Crippen molar-refractivity contribution in [1.82, 2.24) is 14.8 Å². The van der Waals surface area contributed by atoms with Crippen molar-refractivity contribution in [1.29, 1.82) is 0 Å². The molecule has 0 saturated carbocycles. The highest BCUT2D eigenvalue weighted by atomic mass is 32.2. The van der Waals surface area contributed by atoms with Crippen LogP contribution in [-0.4, -0.2) is 21.0 Å². The predicted octanol–water partition coefficient (Wildman–Crippen LogP) is 4.21. The molecular weight excluding hydrogens is 312 g/mol. The average Bonchev–Trinajstić information content (AvgIpc) is 3.25. The fraction of sp³-hybridized carbons (Fsp3) is 0.250. The van der Waals surface area contributed by atoms with Gasteiger partial charge in [-0.15, -0.1) is 23.1 Å². The van der Waals surface area contributed by atoms with Crippen molar-refractivity contribution in [2.24, 2.45) is 0 Å². The predicted molar refractivity (Wildman–Crippen MR) is 91.7 cm³/mol.